The molecule has 1 rings (SSSR count). The molecule has 3 heteroatoms. The molecule has 0 amide bonds. The number of nitrogens with two attached hydrogens (primary N) is 1. The summed E-state index contributed by atoms with van der Waals surface area (Å²) < 4.78 is 1.53. The summed E-state index contributed by atoms with van der Waals surface area (Å²) in [6.07, 6.45) is 0. The van der Waals surface area contributed by atoms with Crippen LogP contribution >= 0.6 is 12.6 Å². The lowest BCUT2D eigenvalue weighted by Crippen LogP contribution is -2.09. The predicted octanol–water partition coefficient (Wildman–Crippen LogP) is 0.799. The van der Waals surface area contributed by atoms with Crippen LogP contribution in [0.2, 0.25) is 0 Å². The topological polar surface area (TPSA) is 30.9 Å². The van der Waals surface area contributed by atoms with Crippen molar-refractivity contribution in [1.29, 1.82) is 0 Å². The van der Waals surface area contributed by atoms with E-state index in [1.165, 1.54) is 4.68 Å². The summed E-state index contributed by atoms with van der Waals surface area (Å²) >= 11 is 4.06. The molecule has 0 atom stereocenters. The number of thiol groups is 1. The number of rotatable bonds is 0. The molecule has 0 radical (unpaired) electrons. The number of nitrogens with zero attached hydrogens (tertiary/aromatic N) is 1. The molecule has 0 aliphatic heterocycles. The zero-order chi connectivity index (χ0) is 6.15. The summed E-state index contributed by atoms with van der Waals surface area (Å²) in [7, 11) is 0. The number of aromatic nitrogens is 1. The Bertz CT molecular complexity index is 173. The minimum Gasteiger partial charge on any atom is -0.338 e. The van der Waals surface area contributed by atoms with Crippen molar-refractivity contribution >= 4 is 12.6 Å². The first-order valence-electron chi connectivity index (χ1n) is 2.34. The van der Waals surface area contributed by atoms with Crippen LogP contribution in [0.4, 0.5) is 0 Å². The SMILES string of the molecule is Cc1ccc(S)n1N. The first kappa shape index (κ1) is 5.56. The van der Waals surface area contributed by atoms with E-state index in [2.05, 4.69) is 12.6 Å². The highest BCUT2D eigenvalue weighted by Crippen LogP contribution is 2.06. The highest BCUT2D eigenvalue weighted by molar-refractivity contribution is 7.80. The third-order valence-electron chi connectivity index (χ3n) is 1.10. The van der Waals surface area contributed by atoms with Crippen molar-refractivity contribution < 1.29 is 0 Å². The minimum absolute atomic E-state index is 0.794. The van der Waals surface area contributed by atoms with Gasteiger partial charge in [-0.05, 0) is 19.1 Å². The molecule has 0 unspecified atom stereocenters. The molecule has 1 aromatic heterocycles. The smallest absolute Gasteiger partial charge is 0.0920 e. The highest BCUT2D eigenvalue weighted by atomic mass is 32.1. The lowest BCUT2D eigenvalue weighted by atomic mass is 10.5. The van der Waals surface area contributed by atoms with E-state index in [1.807, 2.05) is 19.1 Å². The lowest BCUT2D eigenvalue weighted by molar-refractivity contribution is 0.867. The van der Waals surface area contributed by atoms with Crippen molar-refractivity contribution in [3.05, 3.63) is 17.8 Å². The Morgan fingerprint density at radius 2 is 2.25 bits per heavy atom. The van der Waals surface area contributed by atoms with Gasteiger partial charge in [-0.25, -0.2) is 0 Å². The Morgan fingerprint density at radius 3 is 2.38 bits per heavy atom. The van der Waals surface area contributed by atoms with Gasteiger partial charge in [-0.2, -0.15) is 0 Å². The van der Waals surface area contributed by atoms with Crippen LogP contribution < -0.4 is 5.84 Å². The van der Waals surface area contributed by atoms with E-state index in [0.717, 1.165) is 10.7 Å². The van der Waals surface area contributed by atoms with Crippen molar-refractivity contribution in [3.63, 3.8) is 0 Å². The largest absolute Gasteiger partial charge is 0.338 e. The van der Waals surface area contributed by atoms with Crippen LogP contribution in [0.5, 0.6) is 0 Å². The number of aryl methyl sites for hydroxylation is 1. The maximum atomic E-state index is 5.44. The molecule has 0 saturated carbocycles. The zero-order valence-corrected chi connectivity index (χ0v) is 5.52. The number of nitrogen functional groups attached to an aromatic ring is 1. The molecule has 1 aromatic rings. The third-order valence-corrected chi connectivity index (χ3v) is 1.46. The van der Waals surface area contributed by atoms with Crippen LogP contribution in [0.1, 0.15) is 5.69 Å². The summed E-state index contributed by atoms with van der Waals surface area (Å²) in [5.74, 6) is 5.44. The van der Waals surface area contributed by atoms with E-state index >= 15 is 0 Å². The summed E-state index contributed by atoms with van der Waals surface area (Å²) in [6.45, 7) is 1.93. The number of hydrogen-bond acceptors (Lipinski definition) is 2. The molecule has 0 saturated heterocycles. The molecule has 44 valence electrons. The fraction of sp³-hybridized carbons (Fsp3) is 0.200. The molecule has 0 aliphatic carbocycles. The van der Waals surface area contributed by atoms with Crippen molar-refractivity contribution in [2.75, 3.05) is 5.84 Å². The normalized spacial score (nSPS) is 9.75. The Kier molecular flexibility index (Phi) is 1.21. The standard InChI is InChI=1S/C5H8N2S/c1-4-2-3-5(8)7(4)6/h2-3,8H,6H2,1H3. The van der Waals surface area contributed by atoms with Gasteiger partial charge in [-0.1, -0.05) is 0 Å². The third kappa shape index (κ3) is 0.690. The molecular weight excluding hydrogens is 120 g/mol. The van der Waals surface area contributed by atoms with Crippen LogP contribution in [-0.4, -0.2) is 4.68 Å². The van der Waals surface area contributed by atoms with Crippen LogP contribution in [0.3, 0.4) is 0 Å². The predicted molar refractivity (Wildman–Crippen MR) is 36.6 cm³/mol. The van der Waals surface area contributed by atoms with Gasteiger partial charge < -0.3 is 5.84 Å². The molecule has 0 aromatic carbocycles. The second kappa shape index (κ2) is 1.74. The maximum Gasteiger partial charge on any atom is 0.0920 e. The minimum atomic E-state index is 0.794. The molecular formula is C5H8N2S. The second-order valence-corrected chi connectivity index (χ2v) is 2.16. The van der Waals surface area contributed by atoms with Crippen molar-refractivity contribution in [1.82, 2.24) is 4.68 Å². The molecule has 2 N–H and O–H groups in total. The second-order valence-electron chi connectivity index (χ2n) is 1.70. The highest BCUT2D eigenvalue weighted by Gasteiger charge is 1.92. The monoisotopic (exact) mass is 128 g/mol. The van der Waals surface area contributed by atoms with Gasteiger partial charge in [0.05, 0.1) is 5.03 Å². The van der Waals surface area contributed by atoms with Gasteiger partial charge in [0.25, 0.3) is 0 Å². The summed E-state index contributed by atoms with van der Waals surface area (Å²) in [5.41, 5.74) is 1.02. The summed E-state index contributed by atoms with van der Waals surface area (Å²) in [6, 6.07) is 3.78. The molecule has 0 aliphatic rings. The summed E-state index contributed by atoms with van der Waals surface area (Å²) in [4.78, 5) is 0. The first-order valence-corrected chi connectivity index (χ1v) is 2.79. The Balaban J connectivity index is 3.19. The maximum absolute atomic E-state index is 5.44. The van der Waals surface area contributed by atoms with Gasteiger partial charge >= 0.3 is 0 Å². The Morgan fingerprint density at radius 1 is 1.62 bits per heavy atom. The van der Waals surface area contributed by atoms with Gasteiger partial charge in [0, 0.05) is 5.69 Å². The van der Waals surface area contributed by atoms with E-state index in [1.54, 1.807) is 0 Å². The van der Waals surface area contributed by atoms with Crippen LogP contribution in [0.15, 0.2) is 17.2 Å². The molecule has 0 fully saturated rings. The van der Waals surface area contributed by atoms with Crippen LogP contribution in [0.25, 0.3) is 0 Å². The molecule has 8 heavy (non-hydrogen) atoms. The quantitative estimate of drug-likeness (QED) is 0.393. The average molecular weight is 128 g/mol. The van der Waals surface area contributed by atoms with E-state index in [-0.39, 0.29) is 0 Å². The van der Waals surface area contributed by atoms with Crippen molar-refractivity contribution in [2.24, 2.45) is 0 Å². The fourth-order valence-electron chi connectivity index (χ4n) is 0.536. The van der Waals surface area contributed by atoms with Gasteiger partial charge in [0.15, 0.2) is 0 Å². The van der Waals surface area contributed by atoms with Gasteiger partial charge in [0.2, 0.25) is 0 Å². The van der Waals surface area contributed by atoms with Gasteiger partial charge in [-0.15, -0.1) is 12.6 Å². The van der Waals surface area contributed by atoms with Crippen LogP contribution in [-0.2, 0) is 0 Å². The zero-order valence-electron chi connectivity index (χ0n) is 4.63. The molecule has 0 spiro atoms. The molecule has 0 bridgehead atoms. The molecule has 1 heterocycles. The van der Waals surface area contributed by atoms with E-state index in [0.29, 0.717) is 0 Å². The first-order chi connectivity index (χ1) is 3.72. The summed E-state index contributed by atoms with van der Waals surface area (Å²) in [5, 5.41) is 0.794. The average Bonchev–Trinajstić information content (AvgIpc) is 1.98. The Hall–Kier alpha value is -0.570. The lowest BCUT2D eigenvalue weighted by Gasteiger charge is -1.95. The molecule has 2 nitrogen and oxygen atoms in total. The van der Waals surface area contributed by atoms with E-state index in [4.69, 9.17) is 5.84 Å². The van der Waals surface area contributed by atoms with E-state index in [9.17, 15) is 0 Å². The Labute approximate surface area is 53.7 Å². The number of hydrogen-bond donors (Lipinski definition) is 2. The van der Waals surface area contributed by atoms with Gasteiger partial charge in [-0.3, -0.25) is 4.68 Å². The van der Waals surface area contributed by atoms with Crippen molar-refractivity contribution in [3.8, 4) is 0 Å². The van der Waals surface area contributed by atoms with E-state index < -0.39 is 0 Å². The fourth-order valence-corrected chi connectivity index (χ4v) is 0.769. The van der Waals surface area contributed by atoms with Crippen LogP contribution in [0, 0.1) is 6.92 Å². The van der Waals surface area contributed by atoms with Gasteiger partial charge in [0.1, 0.15) is 0 Å². The van der Waals surface area contributed by atoms with Crippen molar-refractivity contribution in [2.45, 2.75) is 11.9 Å².